The zero-order chi connectivity index (χ0) is 16.7. The number of carbonyl (C=O) groups excluding carboxylic acids is 2. The molecule has 0 unspecified atom stereocenters. The Bertz CT molecular complexity index is 706. The van der Waals surface area contributed by atoms with Gasteiger partial charge in [-0.15, -0.1) is 0 Å². The molecule has 0 saturated carbocycles. The van der Waals surface area contributed by atoms with Gasteiger partial charge in [0, 0.05) is 16.0 Å². The van der Waals surface area contributed by atoms with Crippen molar-refractivity contribution in [3.63, 3.8) is 0 Å². The van der Waals surface area contributed by atoms with Crippen LogP contribution < -0.4 is 10.1 Å². The molecule has 0 radical (unpaired) electrons. The van der Waals surface area contributed by atoms with Crippen LogP contribution >= 0.6 is 27.5 Å². The molecule has 0 aliphatic carbocycles. The van der Waals surface area contributed by atoms with Gasteiger partial charge in [-0.25, -0.2) is 0 Å². The average molecular weight is 397 g/mol. The van der Waals surface area contributed by atoms with E-state index >= 15 is 0 Å². The van der Waals surface area contributed by atoms with E-state index in [1.54, 1.807) is 24.3 Å². The summed E-state index contributed by atoms with van der Waals surface area (Å²) in [6.07, 6.45) is 1.38. The smallest absolute Gasteiger partial charge is 0.257 e. The molecule has 0 heterocycles. The van der Waals surface area contributed by atoms with E-state index in [0.717, 1.165) is 10.0 Å². The Morgan fingerprint density at radius 2 is 2.09 bits per heavy atom. The molecular formula is C17H15BrClNO3. The molecule has 2 rings (SSSR count). The van der Waals surface area contributed by atoms with E-state index in [0.29, 0.717) is 35.6 Å². The maximum absolute atomic E-state index is 11.8. The van der Waals surface area contributed by atoms with Crippen molar-refractivity contribution in [2.45, 2.75) is 6.42 Å². The topological polar surface area (TPSA) is 55.4 Å². The van der Waals surface area contributed by atoms with E-state index < -0.39 is 0 Å². The van der Waals surface area contributed by atoms with Crippen molar-refractivity contribution in [3.05, 3.63) is 63.1 Å². The molecule has 2 aromatic rings. The zero-order valence-corrected chi connectivity index (χ0v) is 14.6. The number of benzene rings is 2. The first-order valence-electron chi connectivity index (χ1n) is 6.97. The van der Waals surface area contributed by atoms with Crippen LogP contribution in [0, 0.1) is 0 Å². The number of nitrogens with one attached hydrogen (secondary N) is 1. The van der Waals surface area contributed by atoms with E-state index in [9.17, 15) is 9.59 Å². The Morgan fingerprint density at radius 3 is 2.83 bits per heavy atom. The van der Waals surface area contributed by atoms with Crippen LogP contribution in [0.25, 0.3) is 0 Å². The molecule has 4 nitrogen and oxygen atoms in total. The molecule has 0 saturated heterocycles. The lowest BCUT2D eigenvalue weighted by Gasteiger charge is -2.09. The summed E-state index contributed by atoms with van der Waals surface area (Å²) in [7, 11) is 0. The summed E-state index contributed by atoms with van der Waals surface area (Å²) in [5, 5.41) is 3.44. The molecule has 0 bridgehead atoms. The Balaban J connectivity index is 1.78. The first kappa shape index (κ1) is 17.5. The molecule has 0 aliphatic heterocycles. The van der Waals surface area contributed by atoms with Crippen LogP contribution in [0.15, 0.2) is 46.9 Å². The van der Waals surface area contributed by atoms with Crippen LogP contribution in [-0.4, -0.2) is 25.3 Å². The highest BCUT2D eigenvalue weighted by Gasteiger charge is 2.07. The van der Waals surface area contributed by atoms with Crippen molar-refractivity contribution in [2.24, 2.45) is 0 Å². The summed E-state index contributed by atoms with van der Waals surface area (Å²) in [5.74, 6) is 0.139. The summed E-state index contributed by atoms with van der Waals surface area (Å²) >= 11 is 9.18. The van der Waals surface area contributed by atoms with Gasteiger partial charge in [0.15, 0.2) is 12.9 Å². The second kappa shape index (κ2) is 8.70. The number of halogens is 2. The molecule has 6 heteroatoms. The highest BCUT2D eigenvalue weighted by atomic mass is 79.9. The van der Waals surface area contributed by atoms with Gasteiger partial charge in [-0.05, 0) is 42.3 Å². The van der Waals surface area contributed by atoms with Crippen LogP contribution in [0.5, 0.6) is 5.75 Å². The highest BCUT2D eigenvalue weighted by molar-refractivity contribution is 9.10. The van der Waals surface area contributed by atoms with Crippen LogP contribution in [-0.2, 0) is 11.2 Å². The van der Waals surface area contributed by atoms with Gasteiger partial charge in [0.2, 0.25) is 0 Å². The number of rotatable bonds is 7. The van der Waals surface area contributed by atoms with Gasteiger partial charge in [0.1, 0.15) is 5.75 Å². The van der Waals surface area contributed by atoms with Crippen LogP contribution in [0.1, 0.15) is 15.9 Å². The summed E-state index contributed by atoms with van der Waals surface area (Å²) in [6, 6.07) is 12.5. The summed E-state index contributed by atoms with van der Waals surface area (Å²) < 4.78 is 6.16. The first-order chi connectivity index (χ1) is 11.1. The van der Waals surface area contributed by atoms with Gasteiger partial charge in [-0.2, -0.15) is 0 Å². The number of carbonyl (C=O) groups is 2. The van der Waals surface area contributed by atoms with Crippen molar-refractivity contribution >= 4 is 39.7 Å². The Morgan fingerprint density at radius 1 is 1.26 bits per heavy atom. The lowest BCUT2D eigenvalue weighted by molar-refractivity contribution is -0.123. The molecule has 1 amide bonds. The predicted molar refractivity (Wildman–Crippen MR) is 93.2 cm³/mol. The Labute approximate surface area is 147 Å². The maximum atomic E-state index is 11.8. The number of aldehydes is 1. The van der Waals surface area contributed by atoms with Gasteiger partial charge in [-0.1, -0.05) is 39.7 Å². The van der Waals surface area contributed by atoms with Gasteiger partial charge < -0.3 is 10.1 Å². The largest absolute Gasteiger partial charge is 0.483 e. The number of amides is 1. The van der Waals surface area contributed by atoms with Crippen LogP contribution in [0.3, 0.4) is 0 Å². The molecule has 0 spiro atoms. The van der Waals surface area contributed by atoms with Gasteiger partial charge in [-0.3, -0.25) is 9.59 Å². The second-order valence-corrected chi connectivity index (χ2v) is 6.17. The van der Waals surface area contributed by atoms with E-state index in [2.05, 4.69) is 21.2 Å². The Kier molecular flexibility index (Phi) is 6.62. The molecule has 2 aromatic carbocycles. The average Bonchev–Trinajstić information content (AvgIpc) is 2.53. The SMILES string of the molecule is O=Cc1cc(Br)ccc1OCC(=O)NCCc1cccc(Cl)c1. The molecule has 0 atom stereocenters. The number of hydrogen-bond acceptors (Lipinski definition) is 3. The fourth-order valence-corrected chi connectivity index (χ4v) is 2.57. The second-order valence-electron chi connectivity index (χ2n) is 4.82. The molecular weight excluding hydrogens is 382 g/mol. The standard InChI is InChI=1S/C17H15BrClNO3/c18-14-4-5-16(13(9-14)10-21)23-11-17(22)20-7-6-12-2-1-3-15(19)8-12/h1-5,8-10H,6-7,11H2,(H,20,22). The Hall–Kier alpha value is -1.85. The molecule has 120 valence electrons. The van der Waals surface area contributed by atoms with E-state index in [1.807, 2.05) is 18.2 Å². The third-order valence-corrected chi connectivity index (χ3v) is 3.81. The lowest BCUT2D eigenvalue weighted by atomic mass is 10.1. The summed E-state index contributed by atoms with van der Waals surface area (Å²) in [5.41, 5.74) is 1.45. The van der Waals surface area contributed by atoms with Crippen molar-refractivity contribution in [2.75, 3.05) is 13.2 Å². The third-order valence-electron chi connectivity index (χ3n) is 3.08. The van der Waals surface area contributed by atoms with Gasteiger partial charge in [0.25, 0.3) is 5.91 Å². The van der Waals surface area contributed by atoms with Crippen LogP contribution in [0.2, 0.25) is 5.02 Å². The monoisotopic (exact) mass is 395 g/mol. The molecule has 0 fully saturated rings. The van der Waals surface area contributed by atoms with Crippen molar-refractivity contribution in [3.8, 4) is 5.75 Å². The number of hydrogen-bond donors (Lipinski definition) is 1. The minimum Gasteiger partial charge on any atom is -0.483 e. The lowest BCUT2D eigenvalue weighted by Crippen LogP contribution is -2.30. The highest BCUT2D eigenvalue weighted by Crippen LogP contribution is 2.21. The normalized spacial score (nSPS) is 10.2. The van der Waals surface area contributed by atoms with Gasteiger partial charge >= 0.3 is 0 Å². The van der Waals surface area contributed by atoms with Crippen molar-refractivity contribution in [1.82, 2.24) is 5.32 Å². The van der Waals surface area contributed by atoms with E-state index in [1.165, 1.54) is 0 Å². The minimum atomic E-state index is -0.244. The number of ether oxygens (including phenoxy) is 1. The molecule has 0 aliphatic rings. The van der Waals surface area contributed by atoms with Gasteiger partial charge in [0.05, 0.1) is 5.56 Å². The fourth-order valence-electron chi connectivity index (χ4n) is 1.98. The van der Waals surface area contributed by atoms with Crippen LogP contribution in [0.4, 0.5) is 0 Å². The summed E-state index contributed by atoms with van der Waals surface area (Å²) in [4.78, 5) is 22.7. The zero-order valence-electron chi connectivity index (χ0n) is 12.2. The van der Waals surface area contributed by atoms with E-state index in [-0.39, 0.29) is 12.5 Å². The predicted octanol–water partition coefficient (Wildman–Crippen LogP) is 3.65. The maximum Gasteiger partial charge on any atom is 0.257 e. The van der Waals surface area contributed by atoms with Crippen molar-refractivity contribution in [1.29, 1.82) is 0 Å². The summed E-state index contributed by atoms with van der Waals surface area (Å²) in [6.45, 7) is 0.349. The molecule has 0 aromatic heterocycles. The first-order valence-corrected chi connectivity index (χ1v) is 8.14. The van der Waals surface area contributed by atoms with Crippen molar-refractivity contribution < 1.29 is 14.3 Å². The molecule has 1 N–H and O–H groups in total. The third kappa shape index (κ3) is 5.69. The minimum absolute atomic E-state index is 0.141. The van der Waals surface area contributed by atoms with E-state index in [4.69, 9.17) is 16.3 Å². The fraction of sp³-hybridized carbons (Fsp3) is 0.176. The molecule has 23 heavy (non-hydrogen) atoms. The quantitative estimate of drug-likeness (QED) is 0.727.